The van der Waals surface area contributed by atoms with E-state index in [4.69, 9.17) is 0 Å². The summed E-state index contributed by atoms with van der Waals surface area (Å²) in [5.41, 5.74) is -1.11. The standard InChI is InChI=1S/C9H17N2O5PS/c1-16-8(13)6-18(14,15)10-9(7-12)2-4-11(17)5-3-9/h7,10H,2-6,17H2,1H3. The van der Waals surface area contributed by atoms with Gasteiger partial charge in [0, 0.05) is 13.1 Å². The van der Waals surface area contributed by atoms with Gasteiger partial charge in [0.15, 0.2) is 5.75 Å². The molecule has 18 heavy (non-hydrogen) atoms. The quantitative estimate of drug-likeness (QED) is 0.393. The fraction of sp³-hybridized carbons (Fsp3) is 0.778. The highest BCUT2D eigenvalue weighted by Crippen LogP contribution is 2.23. The monoisotopic (exact) mass is 296 g/mol. The van der Waals surface area contributed by atoms with E-state index in [1.165, 1.54) is 0 Å². The molecule has 0 aliphatic carbocycles. The number of esters is 1. The molecule has 1 atom stereocenters. The number of rotatable bonds is 5. The Morgan fingerprint density at radius 3 is 2.50 bits per heavy atom. The maximum atomic E-state index is 11.7. The molecule has 1 unspecified atom stereocenters. The lowest BCUT2D eigenvalue weighted by atomic mass is 9.91. The number of methoxy groups -OCH3 is 1. The van der Waals surface area contributed by atoms with E-state index in [0.29, 0.717) is 32.2 Å². The van der Waals surface area contributed by atoms with Gasteiger partial charge >= 0.3 is 5.97 Å². The van der Waals surface area contributed by atoms with E-state index in [2.05, 4.69) is 18.8 Å². The van der Waals surface area contributed by atoms with Crippen LogP contribution in [0.2, 0.25) is 0 Å². The molecule has 0 aromatic heterocycles. The van der Waals surface area contributed by atoms with Crippen LogP contribution >= 0.6 is 9.39 Å². The second-order valence-corrected chi connectivity index (χ2v) is 6.70. The minimum atomic E-state index is -3.86. The molecule has 1 rings (SSSR count). The van der Waals surface area contributed by atoms with Crippen LogP contribution in [0.15, 0.2) is 0 Å². The van der Waals surface area contributed by atoms with Gasteiger partial charge in [0.05, 0.1) is 12.6 Å². The molecule has 1 fully saturated rings. The van der Waals surface area contributed by atoms with E-state index in [9.17, 15) is 18.0 Å². The molecule has 9 heteroatoms. The van der Waals surface area contributed by atoms with Crippen molar-refractivity contribution >= 4 is 31.7 Å². The van der Waals surface area contributed by atoms with Crippen LogP contribution in [-0.4, -0.2) is 56.8 Å². The molecule has 0 spiro atoms. The summed E-state index contributed by atoms with van der Waals surface area (Å²) in [4.78, 5) is 22.1. The lowest BCUT2D eigenvalue weighted by Gasteiger charge is -2.36. The van der Waals surface area contributed by atoms with Crippen LogP contribution in [0, 0.1) is 0 Å². The van der Waals surface area contributed by atoms with E-state index in [-0.39, 0.29) is 0 Å². The lowest BCUT2D eigenvalue weighted by molar-refractivity contribution is -0.137. The summed E-state index contributed by atoms with van der Waals surface area (Å²) in [7, 11) is -0.243. The van der Waals surface area contributed by atoms with Crippen LogP contribution < -0.4 is 4.72 Å². The summed E-state index contributed by atoms with van der Waals surface area (Å²) in [5.74, 6) is -1.63. The van der Waals surface area contributed by atoms with Gasteiger partial charge < -0.3 is 9.53 Å². The summed E-state index contributed by atoms with van der Waals surface area (Å²) in [6.45, 7) is 1.17. The molecule has 1 heterocycles. The Bertz CT molecular complexity index is 417. The van der Waals surface area contributed by atoms with E-state index >= 15 is 0 Å². The summed E-state index contributed by atoms with van der Waals surface area (Å²) in [5, 5.41) is 0. The maximum Gasteiger partial charge on any atom is 0.322 e. The molecule has 7 nitrogen and oxygen atoms in total. The SMILES string of the molecule is COC(=O)CS(=O)(=O)NC1(C=O)CCN(P)CC1. The van der Waals surface area contributed by atoms with E-state index in [1.807, 2.05) is 4.67 Å². The van der Waals surface area contributed by atoms with Crippen molar-refractivity contribution in [2.24, 2.45) is 0 Å². The average Bonchev–Trinajstić information content (AvgIpc) is 2.31. The third-order valence-corrected chi connectivity index (χ3v) is 4.66. The molecule has 104 valence electrons. The smallest absolute Gasteiger partial charge is 0.322 e. The van der Waals surface area contributed by atoms with Crippen LogP contribution in [0.4, 0.5) is 0 Å². The van der Waals surface area contributed by atoms with Crippen LogP contribution in [0.5, 0.6) is 0 Å². The number of ether oxygens (including phenoxy) is 1. The van der Waals surface area contributed by atoms with Gasteiger partial charge in [-0.1, -0.05) is 9.39 Å². The Balaban J connectivity index is 2.74. The average molecular weight is 296 g/mol. The zero-order valence-corrected chi connectivity index (χ0v) is 12.1. The maximum absolute atomic E-state index is 11.7. The largest absolute Gasteiger partial charge is 0.468 e. The molecule has 0 saturated carbocycles. The van der Waals surface area contributed by atoms with Crippen molar-refractivity contribution in [2.75, 3.05) is 26.0 Å². The van der Waals surface area contributed by atoms with Crippen LogP contribution in [-0.2, 0) is 24.3 Å². The number of carbonyl (C=O) groups excluding carboxylic acids is 2. The van der Waals surface area contributed by atoms with Crippen molar-refractivity contribution in [3.8, 4) is 0 Å². The third-order valence-electron chi connectivity index (χ3n) is 2.81. The summed E-state index contributed by atoms with van der Waals surface area (Å²) in [6, 6.07) is 0. The number of nitrogens with zero attached hydrogens (tertiary/aromatic N) is 1. The van der Waals surface area contributed by atoms with Gasteiger partial charge in [-0.2, -0.15) is 0 Å². The van der Waals surface area contributed by atoms with Gasteiger partial charge in [0.25, 0.3) is 0 Å². The van der Waals surface area contributed by atoms with Crippen LogP contribution in [0.1, 0.15) is 12.8 Å². The first-order chi connectivity index (χ1) is 8.32. The van der Waals surface area contributed by atoms with Gasteiger partial charge in [-0.15, -0.1) is 0 Å². The highest BCUT2D eigenvalue weighted by atomic mass is 32.2. The highest BCUT2D eigenvalue weighted by Gasteiger charge is 2.37. The van der Waals surface area contributed by atoms with Gasteiger partial charge in [-0.3, -0.25) is 9.46 Å². The molecule has 0 amide bonds. The van der Waals surface area contributed by atoms with E-state index in [1.54, 1.807) is 0 Å². The second kappa shape index (κ2) is 6.06. The van der Waals surface area contributed by atoms with Crippen molar-refractivity contribution in [2.45, 2.75) is 18.4 Å². The number of hydrogen-bond donors (Lipinski definition) is 1. The van der Waals surface area contributed by atoms with Gasteiger partial charge in [0.2, 0.25) is 10.0 Å². The van der Waals surface area contributed by atoms with Gasteiger partial charge in [-0.05, 0) is 12.8 Å². The molecule has 0 bridgehead atoms. The topological polar surface area (TPSA) is 92.8 Å². The third kappa shape index (κ3) is 4.28. The second-order valence-electron chi connectivity index (χ2n) is 4.25. The minimum absolute atomic E-state index is 0.375. The molecule has 0 aromatic rings. The normalized spacial score (nSPS) is 20.3. The first-order valence-corrected chi connectivity index (χ1v) is 7.54. The fourth-order valence-corrected chi connectivity index (χ4v) is 3.36. The number of sulfonamides is 1. The van der Waals surface area contributed by atoms with Crippen LogP contribution in [0.25, 0.3) is 0 Å². The van der Waals surface area contributed by atoms with Gasteiger partial charge in [0.1, 0.15) is 6.29 Å². The van der Waals surface area contributed by atoms with Crippen LogP contribution in [0.3, 0.4) is 0 Å². The van der Waals surface area contributed by atoms with Crippen molar-refractivity contribution in [1.82, 2.24) is 9.39 Å². The molecule has 1 N–H and O–H groups in total. The zero-order valence-electron chi connectivity index (χ0n) is 10.1. The summed E-state index contributed by atoms with van der Waals surface area (Å²) in [6.07, 6.45) is 1.36. The van der Waals surface area contributed by atoms with E-state index < -0.39 is 27.3 Å². The van der Waals surface area contributed by atoms with Crippen molar-refractivity contribution in [3.05, 3.63) is 0 Å². The number of piperidine rings is 1. The first-order valence-electron chi connectivity index (χ1n) is 5.37. The number of nitrogens with one attached hydrogen (secondary N) is 1. The number of hydrogen-bond acceptors (Lipinski definition) is 6. The predicted molar refractivity (Wildman–Crippen MR) is 68.3 cm³/mol. The van der Waals surface area contributed by atoms with Gasteiger partial charge in [-0.25, -0.2) is 13.1 Å². The molecule has 1 aliphatic rings. The fourth-order valence-electron chi connectivity index (χ4n) is 1.73. The highest BCUT2D eigenvalue weighted by molar-refractivity contribution is 7.90. The van der Waals surface area contributed by atoms with Crippen molar-refractivity contribution in [3.63, 3.8) is 0 Å². The minimum Gasteiger partial charge on any atom is -0.468 e. The van der Waals surface area contributed by atoms with Crippen molar-refractivity contribution < 1.29 is 22.7 Å². The molecule has 1 saturated heterocycles. The lowest BCUT2D eigenvalue weighted by Crippen LogP contribution is -2.55. The Morgan fingerprint density at radius 2 is 2.06 bits per heavy atom. The Morgan fingerprint density at radius 1 is 1.50 bits per heavy atom. The Labute approximate surface area is 109 Å². The molecule has 1 aliphatic heterocycles. The number of carbonyl (C=O) groups is 2. The number of aldehydes is 1. The Hall–Kier alpha value is -0.560. The Kier molecular flexibility index (Phi) is 5.21. The summed E-state index contributed by atoms with van der Waals surface area (Å²) < 4.78 is 32.0. The molecule has 0 aromatic carbocycles. The summed E-state index contributed by atoms with van der Waals surface area (Å²) >= 11 is 0. The molecular weight excluding hydrogens is 279 g/mol. The van der Waals surface area contributed by atoms with Crippen molar-refractivity contribution in [1.29, 1.82) is 0 Å². The predicted octanol–water partition coefficient (Wildman–Crippen LogP) is -1.10. The molecule has 0 radical (unpaired) electrons. The first kappa shape index (κ1) is 15.5. The van der Waals surface area contributed by atoms with E-state index in [0.717, 1.165) is 7.11 Å². The zero-order chi connectivity index (χ0) is 13.8. The molecular formula is C9H17N2O5PS.